The summed E-state index contributed by atoms with van der Waals surface area (Å²) in [4.78, 5) is 9.13. The van der Waals surface area contributed by atoms with Crippen LogP contribution in [0, 0.1) is 0 Å². The maximum Gasteiger partial charge on any atom is 0.111 e. The average Bonchev–Trinajstić information content (AvgIpc) is 0.815. The quantitative estimate of drug-likeness (QED) is 0.0517. The molecule has 0 amide bonds. The highest BCUT2D eigenvalue weighted by Crippen LogP contribution is 2.44. The van der Waals surface area contributed by atoms with Crippen molar-refractivity contribution in [3.05, 3.63) is 203 Å². The summed E-state index contributed by atoms with van der Waals surface area (Å²) in [6.45, 7) is 30.3. The summed E-state index contributed by atoms with van der Waals surface area (Å²) in [6, 6.07) is 58.6. The number of nitrogens with zero attached hydrogens (tertiary/aromatic N) is 6. The van der Waals surface area contributed by atoms with Crippen LogP contribution in [0.2, 0.25) is 0 Å². The van der Waals surface area contributed by atoms with E-state index in [4.69, 9.17) is 23.3 Å². The minimum atomic E-state index is -0.0695. The van der Waals surface area contributed by atoms with E-state index in [9.17, 15) is 0 Å². The zero-order valence-electron chi connectivity index (χ0n) is 54.7. The van der Waals surface area contributed by atoms with E-state index in [-0.39, 0.29) is 27.7 Å². The van der Waals surface area contributed by atoms with Gasteiger partial charge in [0.25, 0.3) is 0 Å². The topological polar surface area (TPSA) is 73.3 Å². The van der Waals surface area contributed by atoms with Gasteiger partial charge in [-0.15, -0.1) is 0 Å². The van der Waals surface area contributed by atoms with Crippen molar-refractivity contribution in [1.82, 2.24) is 4.98 Å². The van der Waals surface area contributed by atoms with Gasteiger partial charge in [0.05, 0.1) is 17.4 Å². The number of nitrogens with two attached hydrogens (primary N) is 1. The number of unbranched alkanes of at least 4 members (excludes halogenated alkanes) is 4. The first-order chi connectivity index (χ1) is 41.8. The van der Waals surface area contributed by atoms with Crippen LogP contribution in [0.25, 0.3) is 28.3 Å². The first-order valence-electron chi connectivity index (χ1n) is 32.6. The summed E-state index contributed by atoms with van der Waals surface area (Å²) < 4.78 is 4.67. The van der Waals surface area contributed by atoms with Crippen LogP contribution in [0.5, 0.6) is 0 Å². The number of anilines is 8. The lowest BCUT2D eigenvalue weighted by Crippen LogP contribution is -2.44. The van der Waals surface area contributed by atoms with Crippen LogP contribution in [-0.2, 0) is 34.1 Å². The Hall–Kier alpha value is -7.42. The standard InChI is InChI=1S/C79H97N7S/c1-14-19-49-76(6,7)58-27-39-65(40-28-58)84(66-41-29-59(30-42-66)77(8,9)50-20-15-2)63-35-23-56(24-36-63)71-70-55-62(18-5)86(69-47-53-81-54-48-69)82-74(70)72(75(83-87)73(71)80)57-25-37-64(38-26-57)85(67-43-31-60(32-44-67)78(10,11)51-21-16-3)68-45-33-61(34-46-68)79(12,13)52-22-17-4/h23-48,53-55,62H,14-22,49-52,80H2,1-13H3. The van der Waals surface area contributed by atoms with Crippen molar-refractivity contribution in [3.8, 4) is 22.3 Å². The summed E-state index contributed by atoms with van der Waals surface area (Å²) in [5.74, 6) is 0. The fraction of sp³-hybridized carbons (Fsp3) is 0.392. The largest absolute Gasteiger partial charge is 0.396 e. The highest BCUT2D eigenvalue weighted by Gasteiger charge is 2.29. The molecule has 1 atom stereocenters. The molecule has 454 valence electrons. The predicted octanol–water partition coefficient (Wildman–Crippen LogP) is 21.8. The zero-order chi connectivity index (χ0) is 62.1. The molecule has 0 spiro atoms. The number of fused-ring (bicyclic) bond motifs is 1. The fourth-order valence-corrected chi connectivity index (χ4v) is 13.1. The van der Waals surface area contributed by atoms with Crippen molar-refractivity contribution < 1.29 is 0 Å². The van der Waals surface area contributed by atoms with Crippen molar-refractivity contribution in [2.24, 2.45) is 9.46 Å². The number of hydrogen-bond acceptors (Lipinski definition) is 8. The van der Waals surface area contributed by atoms with Crippen LogP contribution in [0.15, 0.2) is 180 Å². The maximum atomic E-state index is 7.57. The molecular weight excluding hydrogens is 1080 g/mol. The fourth-order valence-electron chi connectivity index (χ4n) is 12.9. The Balaban J connectivity index is 1.17. The lowest BCUT2D eigenvalue weighted by molar-refractivity contribution is 0.458. The molecule has 2 N–H and O–H groups in total. The molecule has 7 aromatic carbocycles. The molecule has 9 rings (SSSR count). The molecule has 7 nitrogen and oxygen atoms in total. The summed E-state index contributed by atoms with van der Waals surface area (Å²) >= 11 is 5.82. The Morgan fingerprint density at radius 3 is 1.06 bits per heavy atom. The van der Waals surface area contributed by atoms with Crippen LogP contribution in [0.4, 0.5) is 51.2 Å². The molecule has 8 heteroatoms. The molecule has 0 aliphatic carbocycles. The molecule has 1 aliphatic heterocycles. The highest BCUT2D eigenvalue weighted by molar-refractivity contribution is 7.47. The van der Waals surface area contributed by atoms with Gasteiger partial charge in [0.2, 0.25) is 0 Å². The van der Waals surface area contributed by atoms with Crippen LogP contribution in [0.1, 0.15) is 196 Å². The van der Waals surface area contributed by atoms with Gasteiger partial charge in [-0.25, -0.2) is 0 Å². The van der Waals surface area contributed by atoms with Crippen molar-refractivity contribution >= 4 is 69.7 Å². The third-order valence-electron chi connectivity index (χ3n) is 18.9. The molecule has 0 saturated heterocycles. The molecule has 0 saturated carbocycles. The second-order valence-electron chi connectivity index (χ2n) is 27.1. The van der Waals surface area contributed by atoms with E-state index < -0.39 is 0 Å². The average molecular weight is 1180 g/mol. The molecule has 0 fully saturated rings. The summed E-state index contributed by atoms with van der Waals surface area (Å²) in [5.41, 5.74) is 25.3. The molecule has 1 aliphatic rings. The van der Waals surface area contributed by atoms with Gasteiger partial charge in [-0.05, 0) is 178 Å². The maximum absolute atomic E-state index is 7.57. The third kappa shape index (κ3) is 14.1. The number of rotatable bonds is 27. The molecule has 8 aromatic rings. The molecule has 1 unspecified atom stereocenters. The Labute approximate surface area is 528 Å². The van der Waals surface area contributed by atoms with Crippen LogP contribution in [-0.4, -0.2) is 11.0 Å². The van der Waals surface area contributed by atoms with Crippen molar-refractivity contribution in [1.29, 1.82) is 0 Å². The number of benzene rings is 7. The smallest absolute Gasteiger partial charge is 0.111 e. The van der Waals surface area contributed by atoms with Crippen LogP contribution < -0.4 is 31.1 Å². The number of hydrogen-bond donors (Lipinski definition) is 1. The summed E-state index contributed by atoms with van der Waals surface area (Å²) in [5, 5.41) is 9.47. The van der Waals surface area contributed by atoms with E-state index in [0.717, 1.165) is 105 Å². The summed E-state index contributed by atoms with van der Waals surface area (Å²) in [6.07, 6.45) is 20.9. The Morgan fingerprint density at radius 2 is 0.759 bits per heavy atom. The molecule has 1 aromatic heterocycles. The minimum Gasteiger partial charge on any atom is -0.396 e. The number of pyridine rings is 1. The van der Waals surface area contributed by atoms with E-state index in [1.54, 1.807) is 0 Å². The van der Waals surface area contributed by atoms with Gasteiger partial charge in [-0.2, -0.15) is 9.46 Å². The second kappa shape index (κ2) is 27.7. The predicted molar refractivity (Wildman–Crippen MR) is 377 cm³/mol. The number of aromatic nitrogens is 1. The first-order valence-corrected chi connectivity index (χ1v) is 33.0. The Bertz CT molecular complexity index is 3550. The van der Waals surface area contributed by atoms with Gasteiger partial charge >= 0.3 is 0 Å². The molecule has 2 heterocycles. The molecule has 0 radical (unpaired) electrons. The van der Waals surface area contributed by atoms with Gasteiger partial charge in [0, 0.05) is 75.3 Å². The Kier molecular flexibility index (Phi) is 20.4. The van der Waals surface area contributed by atoms with Gasteiger partial charge in [-0.1, -0.05) is 214 Å². The summed E-state index contributed by atoms with van der Waals surface area (Å²) in [7, 11) is 0. The molecule has 87 heavy (non-hydrogen) atoms. The van der Waals surface area contributed by atoms with Gasteiger partial charge in [0.15, 0.2) is 0 Å². The van der Waals surface area contributed by atoms with Crippen molar-refractivity contribution in [2.75, 3.05) is 20.5 Å². The van der Waals surface area contributed by atoms with Crippen molar-refractivity contribution in [2.45, 2.75) is 201 Å². The van der Waals surface area contributed by atoms with Crippen LogP contribution >= 0.6 is 0 Å². The Morgan fingerprint density at radius 1 is 0.448 bits per heavy atom. The van der Waals surface area contributed by atoms with E-state index in [2.05, 4.69) is 266 Å². The van der Waals surface area contributed by atoms with Crippen LogP contribution in [0.3, 0.4) is 0 Å². The van der Waals surface area contributed by atoms with Gasteiger partial charge in [-0.3, -0.25) is 9.99 Å². The first kappa shape index (κ1) is 64.1. The lowest BCUT2D eigenvalue weighted by atomic mass is 9.80. The highest BCUT2D eigenvalue weighted by atomic mass is 32.1. The third-order valence-corrected chi connectivity index (χ3v) is 19.1. The zero-order valence-corrected chi connectivity index (χ0v) is 55.5. The van der Waals surface area contributed by atoms with Gasteiger partial charge in [0.1, 0.15) is 11.0 Å². The normalized spacial score (nSPS) is 13.6. The number of nitrogen functional groups attached to an aromatic ring is 1. The van der Waals surface area contributed by atoms with Gasteiger partial charge < -0.3 is 15.5 Å². The van der Waals surface area contributed by atoms with E-state index in [1.165, 1.54) is 73.6 Å². The van der Waals surface area contributed by atoms with E-state index >= 15 is 0 Å². The van der Waals surface area contributed by atoms with Crippen molar-refractivity contribution in [3.63, 3.8) is 0 Å². The van der Waals surface area contributed by atoms with E-state index in [1.807, 2.05) is 24.5 Å². The minimum absolute atomic E-state index is 0.0695. The SMILES string of the molecule is CCCCC(C)(C)c1ccc(N(c2ccc(-c3c(N)c(N=S)c(-c4ccc(N(c5ccc(C(C)(C)CCCC)cc5)c5ccc(C(C)(C)CCCC)cc5)cc4)c4c3=CC(CC)N(c3ccncc3)N=4)cc2)c2ccc(C(C)(C)CCCC)cc2)cc1. The van der Waals surface area contributed by atoms with E-state index in [0.29, 0.717) is 11.4 Å². The second-order valence-corrected chi connectivity index (χ2v) is 27.2. The molecular formula is C79H97N7S. The monoisotopic (exact) mass is 1180 g/mol. The molecule has 0 bridgehead atoms. The lowest BCUT2D eigenvalue weighted by Gasteiger charge is -2.31.